The first kappa shape index (κ1) is 20.5. The van der Waals surface area contributed by atoms with E-state index in [9.17, 15) is 0 Å². The summed E-state index contributed by atoms with van der Waals surface area (Å²) in [6, 6.07) is 0. The summed E-state index contributed by atoms with van der Waals surface area (Å²) < 4.78 is 5.76. The molecule has 25 heavy (non-hydrogen) atoms. The van der Waals surface area contributed by atoms with Crippen molar-refractivity contribution < 1.29 is 4.74 Å². The zero-order valence-electron chi connectivity index (χ0n) is 16.7. The first-order valence-corrected chi connectivity index (χ1v) is 10.3. The maximum atomic E-state index is 5.76. The molecule has 2 aliphatic heterocycles. The molecule has 2 rings (SSSR count). The first-order chi connectivity index (χ1) is 12.2. The molecule has 2 saturated heterocycles. The van der Waals surface area contributed by atoms with E-state index in [-0.39, 0.29) is 0 Å². The third-order valence-corrected chi connectivity index (χ3v) is 5.18. The van der Waals surface area contributed by atoms with Crippen LogP contribution in [0.3, 0.4) is 0 Å². The second kappa shape index (κ2) is 11.7. The Balaban J connectivity index is 1.72. The van der Waals surface area contributed by atoms with Gasteiger partial charge in [-0.1, -0.05) is 0 Å². The Kier molecular flexibility index (Phi) is 9.58. The fraction of sp³-hybridized carbons (Fsp3) is 0.947. The molecule has 0 unspecified atom stereocenters. The van der Waals surface area contributed by atoms with Crippen LogP contribution in [0.4, 0.5) is 0 Å². The van der Waals surface area contributed by atoms with Crippen molar-refractivity contribution in [3.63, 3.8) is 0 Å². The molecule has 0 aliphatic carbocycles. The molecule has 2 heterocycles. The Morgan fingerprint density at radius 1 is 1.08 bits per heavy atom. The Morgan fingerprint density at radius 3 is 2.60 bits per heavy atom. The van der Waals surface area contributed by atoms with Gasteiger partial charge in [0, 0.05) is 45.9 Å². The van der Waals surface area contributed by atoms with E-state index in [0.29, 0.717) is 6.10 Å². The van der Waals surface area contributed by atoms with Gasteiger partial charge < -0.3 is 24.8 Å². The van der Waals surface area contributed by atoms with Gasteiger partial charge in [-0.3, -0.25) is 4.99 Å². The summed E-state index contributed by atoms with van der Waals surface area (Å²) in [6.07, 6.45) is 5.09. The van der Waals surface area contributed by atoms with Crippen molar-refractivity contribution in [1.29, 1.82) is 0 Å². The highest BCUT2D eigenvalue weighted by Gasteiger charge is 2.21. The highest BCUT2D eigenvalue weighted by atomic mass is 16.5. The normalized spacial score (nSPS) is 22.2. The molecule has 0 amide bonds. The quantitative estimate of drug-likeness (QED) is 0.427. The van der Waals surface area contributed by atoms with Crippen molar-refractivity contribution >= 4 is 5.96 Å². The van der Waals surface area contributed by atoms with E-state index in [1.54, 1.807) is 0 Å². The van der Waals surface area contributed by atoms with Gasteiger partial charge in [-0.2, -0.15) is 0 Å². The van der Waals surface area contributed by atoms with Crippen molar-refractivity contribution in [1.82, 2.24) is 20.0 Å². The lowest BCUT2D eigenvalue weighted by Crippen LogP contribution is -2.47. The molecule has 6 nitrogen and oxygen atoms in total. The fourth-order valence-electron chi connectivity index (χ4n) is 3.70. The van der Waals surface area contributed by atoms with Crippen molar-refractivity contribution in [2.45, 2.75) is 45.6 Å². The second-order valence-corrected chi connectivity index (χ2v) is 7.23. The molecule has 0 aromatic carbocycles. The van der Waals surface area contributed by atoms with Crippen molar-refractivity contribution in [3.05, 3.63) is 0 Å². The number of nitrogens with zero attached hydrogens (tertiary/aromatic N) is 4. The van der Waals surface area contributed by atoms with Gasteiger partial charge in [-0.15, -0.1) is 0 Å². The van der Waals surface area contributed by atoms with E-state index in [4.69, 9.17) is 9.73 Å². The monoisotopic (exact) mass is 353 g/mol. The minimum absolute atomic E-state index is 0.435. The third kappa shape index (κ3) is 7.50. The van der Waals surface area contributed by atoms with Gasteiger partial charge >= 0.3 is 0 Å². The number of hydrogen-bond donors (Lipinski definition) is 1. The molecule has 6 heteroatoms. The maximum absolute atomic E-state index is 5.76. The average Bonchev–Trinajstić information content (AvgIpc) is 2.83. The predicted molar refractivity (Wildman–Crippen MR) is 105 cm³/mol. The van der Waals surface area contributed by atoms with Crippen LogP contribution in [-0.2, 0) is 4.74 Å². The number of guanidine groups is 1. The molecule has 0 saturated carbocycles. The number of ether oxygens (including phenoxy) is 1. The second-order valence-electron chi connectivity index (χ2n) is 7.23. The van der Waals surface area contributed by atoms with Gasteiger partial charge in [0.25, 0.3) is 0 Å². The van der Waals surface area contributed by atoms with E-state index >= 15 is 0 Å². The molecule has 2 fully saturated rings. The minimum atomic E-state index is 0.435. The van der Waals surface area contributed by atoms with Crippen LogP contribution in [0.5, 0.6) is 0 Å². The van der Waals surface area contributed by atoms with Gasteiger partial charge in [-0.25, -0.2) is 0 Å². The maximum Gasteiger partial charge on any atom is 0.193 e. The topological polar surface area (TPSA) is 43.3 Å². The standard InChI is InChI=1S/C19H39N5O/c1-4-20-19(24-14-8-18(9-15-24)25-5-2)21-10-6-12-23-13-7-11-22(3)16-17-23/h18H,4-17H2,1-3H3,(H,20,21). The first-order valence-electron chi connectivity index (χ1n) is 10.3. The third-order valence-electron chi connectivity index (χ3n) is 5.18. The summed E-state index contributed by atoms with van der Waals surface area (Å²) in [6.45, 7) is 15.0. The van der Waals surface area contributed by atoms with Crippen LogP contribution in [0.15, 0.2) is 4.99 Å². The van der Waals surface area contributed by atoms with Gasteiger partial charge in [0.1, 0.15) is 0 Å². The molecule has 0 bridgehead atoms. The Labute approximate surface area is 154 Å². The Hall–Kier alpha value is -0.850. The molecule has 0 radical (unpaired) electrons. The van der Waals surface area contributed by atoms with Crippen molar-refractivity contribution in [3.8, 4) is 0 Å². The average molecular weight is 354 g/mol. The van der Waals surface area contributed by atoms with Crippen LogP contribution >= 0.6 is 0 Å². The lowest BCUT2D eigenvalue weighted by Gasteiger charge is -2.34. The van der Waals surface area contributed by atoms with Crippen LogP contribution in [0.1, 0.15) is 39.5 Å². The Morgan fingerprint density at radius 2 is 1.88 bits per heavy atom. The molecule has 0 aromatic rings. The number of aliphatic imine (C=N–C) groups is 1. The lowest BCUT2D eigenvalue weighted by molar-refractivity contribution is 0.0264. The highest BCUT2D eigenvalue weighted by molar-refractivity contribution is 5.80. The van der Waals surface area contributed by atoms with E-state index in [0.717, 1.165) is 58.0 Å². The predicted octanol–water partition coefficient (Wildman–Crippen LogP) is 1.48. The van der Waals surface area contributed by atoms with E-state index < -0.39 is 0 Å². The number of likely N-dealkylation sites (tertiary alicyclic amines) is 1. The highest BCUT2D eigenvalue weighted by Crippen LogP contribution is 2.13. The summed E-state index contributed by atoms with van der Waals surface area (Å²) in [5.74, 6) is 1.09. The van der Waals surface area contributed by atoms with Crippen LogP contribution < -0.4 is 5.32 Å². The van der Waals surface area contributed by atoms with Crippen LogP contribution in [0, 0.1) is 0 Å². The largest absolute Gasteiger partial charge is 0.378 e. The van der Waals surface area contributed by atoms with Crippen molar-refractivity contribution in [2.24, 2.45) is 4.99 Å². The molecule has 146 valence electrons. The molecule has 0 atom stereocenters. The zero-order valence-corrected chi connectivity index (χ0v) is 16.7. The smallest absolute Gasteiger partial charge is 0.193 e. The molecular weight excluding hydrogens is 314 g/mol. The number of likely N-dealkylation sites (N-methyl/N-ethyl adjacent to an activating group) is 1. The number of rotatable bonds is 7. The number of nitrogens with one attached hydrogen (secondary N) is 1. The molecule has 0 spiro atoms. The van der Waals surface area contributed by atoms with Crippen LogP contribution in [-0.4, -0.2) is 99.3 Å². The summed E-state index contributed by atoms with van der Waals surface area (Å²) in [4.78, 5) is 12.3. The summed E-state index contributed by atoms with van der Waals surface area (Å²) in [7, 11) is 2.23. The summed E-state index contributed by atoms with van der Waals surface area (Å²) in [5, 5.41) is 3.47. The molecule has 2 aliphatic rings. The molecule has 1 N–H and O–H groups in total. The SMILES string of the molecule is CCNC(=NCCCN1CCCN(C)CC1)N1CCC(OCC)CC1. The van der Waals surface area contributed by atoms with Gasteiger partial charge in [0.2, 0.25) is 0 Å². The minimum Gasteiger partial charge on any atom is -0.378 e. The van der Waals surface area contributed by atoms with E-state index in [1.165, 1.54) is 39.1 Å². The fourth-order valence-corrected chi connectivity index (χ4v) is 3.70. The van der Waals surface area contributed by atoms with Crippen LogP contribution in [0.25, 0.3) is 0 Å². The van der Waals surface area contributed by atoms with Gasteiger partial charge in [-0.05, 0) is 66.2 Å². The van der Waals surface area contributed by atoms with Crippen LogP contribution in [0.2, 0.25) is 0 Å². The van der Waals surface area contributed by atoms with Crippen molar-refractivity contribution in [2.75, 3.05) is 72.6 Å². The molecular formula is C19H39N5O. The number of hydrogen-bond acceptors (Lipinski definition) is 4. The summed E-state index contributed by atoms with van der Waals surface area (Å²) >= 11 is 0. The van der Waals surface area contributed by atoms with Gasteiger partial charge in [0.05, 0.1) is 6.10 Å². The lowest BCUT2D eigenvalue weighted by atomic mass is 10.1. The zero-order chi connectivity index (χ0) is 17.9. The molecule has 0 aromatic heterocycles. The van der Waals surface area contributed by atoms with E-state index in [2.05, 4.69) is 40.9 Å². The van der Waals surface area contributed by atoms with Gasteiger partial charge in [0.15, 0.2) is 5.96 Å². The van der Waals surface area contributed by atoms with E-state index in [1.807, 2.05) is 0 Å². The Bertz CT molecular complexity index is 382. The summed E-state index contributed by atoms with van der Waals surface area (Å²) in [5.41, 5.74) is 0. The number of piperidine rings is 1.